The van der Waals surface area contributed by atoms with Gasteiger partial charge in [-0.15, -0.1) is 0 Å². The van der Waals surface area contributed by atoms with Gasteiger partial charge >= 0.3 is 0 Å². The number of benzene rings is 2. The van der Waals surface area contributed by atoms with Gasteiger partial charge in [-0.05, 0) is 29.3 Å². The highest BCUT2D eigenvalue weighted by atomic mass is 16.3. The number of anilines is 2. The highest BCUT2D eigenvalue weighted by molar-refractivity contribution is 6.05. The minimum Gasteiger partial charge on any atom is -0.508 e. The smallest absolute Gasteiger partial charge is 0.236 e. The number of aromatic amines is 1. The predicted molar refractivity (Wildman–Crippen MR) is 101 cm³/mol. The molecule has 0 spiro atoms. The number of nitrogens with two attached hydrogens (primary N) is 2. The van der Waals surface area contributed by atoms with Gasteiger partial charge in [0.15, 0.2) is 0 Å². The zero-order valence-electron chi connectivity index (χ0n) is 13.9. The van der Waals surface area contributed by atoms with Crippen LogP contribution in [0, 0.1) is 0 Å². The van der Waals surface area contributed by atoms with Crippen molar-refractivity contribution < 1.29 is 9.90 Å². The second kappa shape index (κ2) is 6.00. The molecule has 4 rings (SSSR count). The fourth-order valence-corrected chi connectivity index (χ4v) is 3.46. The molecule has 1 aliphatic heterocycles. The van der Waals surface area contributed by atoms with Gasteiger partial charge in [-0.3, -0.25) is 4.79 Å². The van der Waals surface area contributed by atoms with Gasteiger partial charge in [0.1, 0.15) is 11.6 Å². The monoisotopic (exact) mass is 346 g/mol. The lowest BCUT2D eigenvalue weighted by molar-refractivity contribution is -0.116. The number of phenols is 1. The van der Waals surface area contributed by atoms with E-state index in [1.165, 1.54) is 6.20 Å². The zero-order valence-corrected chi connectivity index (χ0v) is 13.9. The molecule has 0 saturated carbocycles. The Morgan fingerprint density at radius 2 is 1.81 bits per heavy atom. The molecule has 26 heavy (non-hydrogen) atoms. The maximum absolute atomic E-state index is 13.1. The Balaban J connectivity index is 1.99. The molecule has 130 valence electrons. The number of nitrogen functional groups attached to an aromatic ring is 1. The molecule has 3 aromatic rings. The van der Waals surface area contributed by atoms with Crippen molar-refractivity contribution in [2.75, 3.05) is 11.1 Å². The summed E-state index contributed by atoms with van der Waals surface area (Å²) in [5, 5.41) is 12.6. The lowest BCUT2D eigenvalue weighted by Gasteiger charge is -2.24. The van der Waals surface area contributed by atoms with Crippen molar-refractivity contribution in [3.63, 3.8) is 0 Å². The van der Waals surface area contributed by atoms with E-state index in [0.29, 0.717) is 17.1 Å². The minimum atomic E-state index is -0.595. The topological polar surface area (TPSA) is 117 Å². The molecule has 2 heterocycles. The van der Waals surface area contributed by atoms with Crippen LogP contribution in [0.4, 0.5) is 11.5 Å². The van der Waals surface area contributed by atoms with Crippen LogP contribution in [0.15, 0.2) is 60.9 Å². The molecule has 1 amide bonds. The zero-order chi connectivity index (χ0) is 18.3. The second-order valence-electron chi connectivity index (χ2n) is 6.17. The Hall–Kier alpha value is -3.67. The standard InChI is InChI=1S/C20H18N4O2/c21-9-14-13-3-1-2-4-16(13)24-20(26)17(11-5-7-12(25)8-6-11)15-10-23-19(22)18(14)15/h1-10,17,23,25H,21-22H2,(H,24,26)/b14-9-. The molecule has 1 unspecified atom stereocenters. The van der Waals surface area contributed by atoms with Crippen LogP contribution >= 0.6 is 0 Å². The fourth-order valence-electron chi connectivity index (χ4n) is 3.46. The Morgan fingerprint density at radius 1 is 1.08 bits per heavy atom. The number of hydrogen-bond donors (Lipinski definition) is 5. The lowest BCUT2D eigenvalue weighted by atomic mass is 9.84. The number of para-hydroxylation sites is 1. The van der Waals surface area contributed by atoms with Crippen LogP contribution in [0.2, 0.25) is 0 Å². The molecule has 7 N–H and O–H groups in total. The van der Waals surface area contributed by atoms with Crippen LogP contribution in [-0.2, 0) is 4.79 Å². The van der Waals surface area contributed by atoms with E-state index in [1.54, 1.807) is 30.5 Å². The van der Waals surface area contributed by atoms with Gasteiger partial charge in [0.2, 0.25) is 5.91 Å². The third kappa shape index (κ3) is 2.39. The van der Waals surface area contributed by atoms with E-state index in [9.17, 15) is 9.90 Å². The molecule has 1 aromatic heterocycles. The molecular weight excluding hydrogens is 328 g/mol. The molecule has 6 heteroatoms. The van der Waals surface area contributed by atoms with E-state index in [-0.39, 0.29) is 11.7 Å². The van der Waals surface area contributed by atoms with Crippen LogP contribution in [0.25, 0.3) is 5.57 Å². The molecule has 1 atom stereocenters. The molecule has 1 aliphatic rings. The van der Waals surface area contributed by atoms with Crippen molar-refractivity contribution in [1.82, 2.24) is 4.98 Å². The third-order valence-corrected chi connectivity index (χ3v) is 4.65. The van der Waals surface area contributed by atoms with Gasteiger partial charge in [-0.2, -0.15) is 0 Å². The number of carbonyl (C=O) groups excluding carboxylic acids is 1. The number of fused-ring (bicyclic) bond motifs is 2. The molecule has 0 bridgehead atoms. The minimum absolute atomic E-state index is 0.140. The van der Waals surface area contributed by atoms with E-state index in [4.69, 9.17) is 11.5 Å². The highest BCUT2D eigenvalue weighted by Crippen LogP contribution is 2.41. The summed E-state index contributed by atoms with van der Waals surface area (Å²) in [5.74, 6) is -0.186. The molecule has 6 nitrogen and oxygen atoms in total. The second-order valence-corrected chi connectivity index (χ2v) is 6.17. The summed E-state index contributed by atoms with van der Waals surface area (Å²) in [5.41, 5.74) is 16.6. The average Bonchev–Trinajstić information content (AvgIpc) is 2.99. The van der Waals surface area contributed by atoms with E-state index in [1.807, 2.05) is 24.3 Å². The summed E-state index contributed by atoms with van der Waals surface area (Å²) in [7, 11) is 0. The normalized spacial score (nSPS) is 17.8. The first-order chi connectivity index (χ1) is 12.6. The van der Waals surface area contributed by atoms with Crippen LogP contribution in [0.5, 0.6) is 5.75 Å². The van der Waals surface area contributed by atoms with E-state index < -0.39 is 5.92 Å². The first-order valence-corrected chi connectivity index (χ1v) is 8.18. The maximum atomic E-state index is 13.1. The number of aromatic hydroxyl groups is 1. The molecule has 0 aliphatic carbocycles. The Morgan fingerprint density at radius 3 is 2.54 bits per heavy atom. The summed E-state index contributed by atoms with van der Waals surface area (Å²) in [6, 6.07) is 14.0. The number of H-pyrrole nitrogens is 1. The number of carbonyl (C=O) groups is 1. The predicted octanol–water partition coefficient (Wildman–Crippen LogP) is 2.73. The van der Waals surface area contributed by atoms with Crippen LogP contribution < -0.4 is 16.8 Å². The van der Waals surface area contributed by atoms with Gasteiger partial charge in [-0.25, -0.2) is 0 Å². The van der Waals surface area contributed by atoms with Crippen molar-refractivity contribution in [3.05, 3.63) is 83.2 Å². The summed E-state index contributed by atoms with van der Waals surface area (Å²) in [6.07, 6.45) is 3.24. The SMILES string of the molecule is N/C=C1/c2ccccc2NC(=O)C(c2ccc(O)cc2)c2c[nH]c(N)c21. The lowest BCUT2D eigenvalue weighted by Crippen LogP contribution is -2.25. The summed E-state index contributed by atoms with van der Waals surface area (Å²) in [4.78, 5) is 16.1. The number of hydrogen-bond acceptors (Lipinski definition) is 4. The van der Waals surface area contributed by atoms with Crippen molar-refractivity contribution in [1.29, 1.82) is 0 Å². The van der Waals surface area contributed by atoms with Crippen molar-refractivity contribution in [2.24, 2.45) is 5.73 Å². The third-order valence-electron chi connectivity index (χ3n) is 4.65. The van der Waals surface area contributed by atoms with Gasteiger partial charge in [0.05, 0.1) is 5.92 Å². The summed E-state index contributed by atoms with van der Waals surface area (Å²) in [6.45, 7) is 0. The van der Waals surface area contributed by atoms with Gasteiger partial charge in [0, 0.05) is 34.8 Å². The number of aromatic nitrogens is 1. The quantitative estimate of drug-likeness (QED) is 0.466. The van der Waals surface area contributed by atoms with E-state index >= 15 is 0 Å². The van der Waals surface area contributed by atoms with Crippen LogP contribution in [-0.4, -0.2) is 16.0 Å². The Labute approximate surface area is 150 Å². The number of nitrogens with one attached hydrogen (secondary N) is 2. The Bertz CT molecular complexity index is 1020. The summed E-state index contributed by atoms with van der Waals surface area (Å²) < 4.78 is 0. The number of amides is 1. The van der Waals surface area contributed by atoms with E-state index in [2.05, 4.69) is 10.3 Å². The largest absolute Gasteiger partial charge is 0.508 e. The van der Waals surface area contributed by atoms with Crippen molar-refractivity contribution >= 4 is 23.0 Å². The van der Waals surface area contributed by atoms with Crippen LogP contribution in [0.3, 0.4) is 0 Å². The summed E-state index contributed by atoms with van der Waals surface area (Å²) >= 11 is 0. The van der Waals surface area contributed by atoms with Gasteiger partial charge < -0.3 is 26.9 Å². The molecule has 2 aromatic carbocycles. The first kappa shape index (κ1) is 15.8. The molecule has 0 saturated heterocycles. The van der Waals surface area contributed by atoms with Crippen LogP contribution in [0.1, 0.15) is 28.2 Å². The molecular formula is C20H18N4O2. The Kier molecular flexibility index (Phi) is 3.65. The molecule has 0 fully saturated rings. The highest BCUT2D eigenvalue weighted by Gasteiger charge is 2.32. The number of phenolic OH excluding ortho intramolecular Hbond substituents is 1. The maximum Gasteiger partial charge on any atom is 0.236 e. The van der Waals surface area contributed by atoms with Crippen molar-refractivity contribution in [3.8, 4) is 5.75 Å². The molecule has 0 radical (unpaired) electrons. The fraction of sp³-hybridized carbons (Fsp3) is 0.0500. The van der Waals surface area contributed by atoms with Gasteiger partial charge in [-0.1, -0.05) is 30.3 Å². The van der Waals surface area contributed by atoms with Crippen molar-refractivity contribution in [2.45, 2.75) is 5.92 Å². The number of rotatable bonds is 1. The average molecular weight is 346 g/mol. The van der Waals surface area contributed by atoms with Gasteiger partial charge in [0.25, 0.3) is 0 Å². The first-order valence-electron chi connectivity index (χ1n) is 8.18. The van der Waals surface area contributed by atoms with E-state index in [0.717, 1.165) is 22.3 Å².